The summed E-state index contributed by atoms with van der Waals surface area (Å²) < 4.78 is 1.79. The molecule has 0 bridgehead atoms. The molecule has 8 nitrogen and oxygen atoms in total. The number of benzene rings is 1. The maximum absolute atomic E-state index is 13.1. The van der Waals surface area contributed by atoms with Crippen LogP contribution in [0, 0.1) is 6.92 Å². The van der Waals surface area contributed by atoms with Crippen molar-refractivity contribution in [1.82, 2.24) is 24.6 Å². The minimum absolute atomic E-state index is 0.107. The number of halogens is 1. The van der Waals surface area contributed by atoms with E-state index in [-0.39, 0.29) is 11.9 Å². The Morgan fingerprint density at radius 2 is 2.06 bits per heavy atom. The molecule has 0 spiro atoms. The summed E-state index contributed by atoms with van der Waals surface area (Å²) in [5.41, 5.74) is 9.95. The highest BCUT2D eigenvalue weighted by Crippen LogP contribution is 2.32. The topological polar surface area (TPSA) is 100 Å². The maximum atomic E-state index is 13.1. The zero-order chi connectivity index (χ0) is 25.1. The van der Waals surface area contributed by atoms with Crippen LogP contribution >= 0.6 is 11.6 Å². The fourth-order valence-electron chi connectivity index (χ4n) is 4.14. The molecule has 1 aromatic carbocycles. The molecule has 182 valence electrons. The number of likely N-dealkylation sites (N-methyl/N-ethyl adjacent to an activating group) is 1. The summed E-state index contributed by atoms with van der Waals surface area (Å²) in [6.07, 6.45) is 8.65. The van der Waals surface area contributed by atoms with Crippen molar-refractivity contribution in [3.8, 4) is 0 Å². The predicted molar refractivity (Wildman–Crippen MR) is 138 cm³/mol. The van der Waals surface area contributed by atoms with E-state index in [9.17, 15) is 9.59 Å². The summed E-state index contributed by atoms with van der Waals surface area (Å²) in [4.78, 5) is 31.7. The van der Waals surface area contributed by atoms with E-state index in [1.54, 1.807) is 27.8 Å². The molecule has 1 fully saturated rings. The standard InChI is InChI=1S/C26H29ClN6O2/c1-4-5-9-31(3)15-22(21-11-17(2)29-24(21)16-34)18-6-7-20(23(27)12-18)26(35)32-13-19(14-32)33-10-8-25(28)30-33/h4-8,10-12,15-16,19,29H,9,13-14H2,1-3H3,(H2,28,30)/b5-4+,22-15-. The molecular weight excluding hydrogens is 464 g/mol. The number of aldehydes is 1. The van der Waals surface area contributed by atoms with Crippen LogP contribution in [-0.2, 0) is 0 Å². The van der Waals surface area contributed by atoms with Crippen molar-refractivity contribution in [2.24, 2.45) is 0 Å². The second kappa shape index (κ2) is 10.2. The number of aromatic amines is 1. The lowest BCUT2D eigenvalue weighted by molar-refractivity contribution is 0.0502. The Bertz CT molecular complexity index is 1300. The number of aryl methyl sites for hydroxylation is 1. The Labute approximate surface area is 209 Å². The van der Waals surface area contributed by atoms with Gasteiger partial charge in [0.25, 0.3) is 5.91 Å². The quantitative estimate of drug-likeness (QED) is 0.363. The minimum Gasteiger partial charge on any atom is -0.382 e. The number of likely N-dealkylation sites (tertiary alicyclic amines) is 1. The van der Waals surface area contributed by atoms with Crippen LogP contribution in [0.15, 0.2) is 54.9 Å². The number of nitrogens with two attached hydrogens (primary N) is 1. The smallest absolute Gasteiger partial charge is 0.255 e. The van der Waals surface area contributed by atoms with Gasteiger partial charge in [-0.1, -0.05) is 29.8 Å². The Morgan fingerprint density at radius 3 is 2.69 bits per heavy atom. The van der Waals surface area contributed by atoms with Crippen molar-refractivity contribution in [3.63, 3.8) is 0 Å². The van der Waals surface area contributed by atoms with Gasteiger partial charge < -0.3 is 20.5 Å². The van der Waals surface area contributed by atoms with E-state index in [0.717, 1.165) is 28.7 Å². The average molecular weight is 493 g/mol. The number of carbonyl (C=O) groups excluding carboxylic acids is 2. The largest absolute Gasteiger partial charge is 0.382 e. The number of aromatic nitrogens is 3. The Kier molecular flexibility index (Phi) is 7.12. The fourth-order valence-corrected chi connectivity index (χ4v) is 4.40. The lowest BCUT2D eigenvalue weighted by atomic mass is 9.96. The van der Waals surface area contributed by atoms with Crippen LogP contribution in [0.2, 0.25) is 5.02 Å². The highest BCUT2D eigenvalue weighted by molar-refractivity contribution is 6.34. The van der Waals surface area contributed by atoms with Gasteiger partial charge in [-0.3, -0.25) is 14.3 Å². The number of nitrogens with zero attached hydrogens (tertiary/aromatic N) is 4. The van der Waals surface area contributed by atoms with Crippen molar-refractivity contribution >= 4 is 35.2 Å². The third-order valence-corrected chi connectivity index (χ3v) is 6.35. The first-order valence-electron chi connectivity index (χ1n) is 11.4. The molecule has 1 aliphatic heterocycles. The molecule has 35 heavy (non-hydrogen) atoms. The van der Waals surface area contributed by atoms with E-state index in [1.807, 2.05) is 62.5 Å². The fraction of sp³-hybridized carbons (Fsp3) is 0.269. The second-order valence-electron chi connectivity index (χ2n) is 8.73. The van der Waals surface area contributed by atoms with Crippen LogP contribution in [0.25, 0.3) is 5.57 Å². The van der Waals surface area contributed by atoms with E-state index in [2.05, 4.69) is 10.1 Å². The van der Waals surface area contributed by atoms with Gasteiger partial charge in [0.1, 0.15) is 5.82 Å². The van der Waals surface area contributed by atoms with Crippen molar-refractivity contribution in [2.75, 3.05) is 32.4 Å². The zero-order valence-corrected chi connectivity index (χ0v) is 20.8. The van der Waals surface area contributed by atoms with E-state index >= 15 is 0 Å². The van der Waals surface area contributed by atoms with E-state index < -0.39 is 0 Å². The first-order chi connectivity index (χ1) is 16.8. The lowest BCUT2D eigenvalue weighted by Crippen LogP contribution is -2.50. The maximum Gasteiger partial charge on any atom is 0.255 e. The Balaban J connectivity index is 1.60. The number of hydrogen-bond acceptors (Lipinski definition) is 5. The second-order valence-corrected chi connectivity index (χ2v) is 9.14. The molecule has 3 N–H and O–H groups in total. The van der Waals surface area contributed by atoms with Gasteiger partial charge in [0, 0.05) is 55.9 Å². The molecule has 0 saturated carbocycles. The minimum atomic E-state index is -0.125. The van der Waals surface area contributed by atoms with Crippen LogP contribution < -0.4 is 5.73 Å². The molecule has 0 aliphatic carbocycles. The van der Waals surface area contributed by atoms with Crippen molar-refractivity contribution in [3.05, 3.63) is 88.0 Å². The van der Waals surface area contributed by atoms with Crippen LogP contribution in [0.3, 0.4) is 0 Å². The van der Waals surface area contributed by atoms with Gasteiger partial charge in [0.05, 0.1) is 22.3 Å². The highest BCUT2D eigenvalue weighted by Gasteiger charge is 2.33. The third-order valence-electron chi connectivity index (χ3n) is 6.03. The molecule has 4 rings (SSSR count). The van der Waals surface area contributed by atoms with E-state index in [0.29, 0.717) is 41.7 Å². The van der Waals surface area contributed by atoms with Gasteiger partial charge in [-0.25, -0.2) is 0 Å². The summed E-state index contributed by atoms with van der Waals surface area (Å²) in [6, 6.07) is 9.19. The number of H-pyrrole nitrogens is 1. The van der Waals surface area contributed by atoms with Crippen LogP contribution in [0.1, 0.15) is 50.6 Å². The molecule has 0 unspecified atom stereocenters. The van der Waals surface area contributed by atoms with Gasteiger partial charge in [-0.2, -0.15) is 5.10 Å². The summed E-state index contributed by atoms with van der Waals surface area (Å²) in [5.74, 6) is 0.337. The first-order valence-corrected chi connectivity index (χ1v) is 11.8. The van der Waals surface area contributed by atoms with Gasteiger partial charge >= 0.3 is 0 Å². The number of rotatable bonds is 8. The molecule has 3 aromatic rings. The highest BCUT2D eigenvalue weighted by atomic mass is 35.5. The molecule has 1 saturated heterocycles. The van der Waals surface area contributed by atoms with Gasteiger partial charge in [-0.05, 0) is 43.7 Å². The molecule has 3 heterocycles. The molecule has 9 heteroatoms. The number of anilines is 1. The Morgan fingerprint density at radius 1 is 1.29 bits per heavy atom. The molecule has 1 aliphatic rings. The third kappa shape index (κ3) is 5.17. The van der Waals surface area contributed by atoms with Gasteiger partial charge in [0.15, 0.2) is 6.29 Å². The predicted octanol–water partition coefficient (Wildman–Crippen LogP) is 4.16. The van der Waals surface area contributed by atoms with Crippen molar-refractivity contribution in [1.29, 1.82) is 0 Å². The molecule has 0 radical (unpaired) electrons. The molecule has 2 aromatic heterocycles. The Hall–Kier alpha value is -3.78. The summed E-state index contributed by atoms with van der Waals surface area (Å²) in [7, 11) is 1.97. The van der Waals surface area contributed by atoms with Crippen molar-refractivity contribution in [2.45, 2.75) is 19.9 Å². The number of carbonyl (C=O) groups is 2. The molecular formula is C26H29ClN6O2. The molecule has 0 atom stereocenters. The van der Waals surface area contributed by atoms with Crippen LogP contribution in [-0.4, -0.2) is 63.4 Å². The summed E-state index contributed by atoms with van der Waals surface area (Å²) >= 11 is 6.63. The zero-order valence-electron chi connectivity index (χ0n) is 20.0. The summed E-state index contributed by atoms with van der Waals surface area (Å²) in [5, 5.41) is 4.59. The molecule has 1 amide bonds. The monoisotopic (exact) mass is 492 g/mol. The number of hydrogen-bond donors (Lipinski definition) is 2. The average Bonchev–Trinajstić information content (AvgIpc) is 3.39. The number of nitrogen functional groups attached to an aromatic ring is 1. The van der Waals surface area contributed by atoms with E-state index in [4.69, 9.17) is 17.3 Å². The van der Waals surface area contributed by atoms with Gasteiger partial charge in [-0.15, -0.1) is 0 Å². The first kappa shape index (κ1) is 24.3. The van der Waals surface area contributed by atoms with Crippen molar-refractivity contribution < 1.29 is 9.59 Å². The van der Waals surface area contributed by atoms with E-state index in [1.165, 1.54) is 0 Å². The lowest BCUT2D eigenvalue weighted by Gasteiger charge is -2.39. The number of amides is 1. The van der Waals surface area contributed by atoms with Crippen LogP contribution in [0.4, 0.5) is 5.82 Å². The van der Waals surface area contributed by atoms with Crippen LogP contribution in [0.5, 0.6) is 0 Å². The number of nitrogens with one attached hydrogen (secondary N) is 1. The van der Waals surface area contributed by atoms with Gasteiger partial charge in [0.2, 0.25) is 0 Å². The summed E-state index contributed by atoms with van der Waals surface area (Å²) in [6.45, 7) is 5.68. The SMILES string of the molecule is C/C=C/CN(C)/C=C(/c1ccc(C(=O)N2CC(n3ccc(N)n3)C2)c(Cl)c1)c1cc(C)[nH]c1C=O. The number of allylic oxidation sites excluding steroid dienone is 1. The normalized spacial score (nSPS) is 14.4.